The maximum absolute atomic E-state index is 5.45. The Bertz CT molecular complexity index is 752. The maximum Gasteiger partial charge on any atom is 0.192 e. The van der Waals surface area contributed by atoms with Gasteiger partial charge >= 0.3 is 0 Å². The Morgan fingerprint density at radius 3 is 2.74 bits per heavy atom. The molecule has 0 bridgehead atoms. The van der Waals surface area contributed by atoms with Crippen molar-refractivity contribution < 1.29 is 4.42 Å². The first-order valence-electron chi connectivity index (χ1n) is 5.89. The van der Waals surface area contributed by atoms with Crippen LogP contribution >= 0.6 is 15.9 Å². The number of aryl methyl sites for hydroxylation is 2. The second-order valence-electron chi connectivity index (χ2n) is 4.30. The van der Waals surface area contributed by atoms with Gasteiger partial charge in [-0.2, -0.15) is 0 Å². The van der Waals surface area contributed by atoms with Crippen molar-refractivity contribution in [3.63, 3.8) is 0 Å². The van der Waals surface area contributed by atoms with Crippen molar-refractivity contribution in [1.82, 2.24) is 9.97 Å². The van der Waals surface area contributed by atoms with Gasteiger partial charge in [-0.05, 0) is 53.2 Å². The first-order valence-corrected chi connectivity index (χ1v) is 6.68. The number of oxazole rings is 1. The minimum atomic E-state index is 0.671. The summed E-state index contributed by atoms with van der Waals surface area (Å²) in [4.78, 5) is 8.76. The molecule has 4 nitrogen and oxygen atoms in total. The van der Waals surface area contributed by atoms with Crippen molar-refractivity contribution in [1.29, 1.82) is 0 Å². The van der Waals surface area contributed by atoms with Crippen molar-refractivity contribution in [2.75, 3.05) is 5.32 Å². The first kappa shape index (κ1) is 12.2. The standard InChI is InChI=1S/C14H12BrN3O/c1-8-11(15)4-6-14(16-8)18-10-3-5-13-12(7-10)17-9(2)19-13/h3-7H,1-2H3,(H,16,18). The number of nitrogens with zero attached hydrogens (tertiary/aromatic N) is 2. The Kier molecular flexibility index (Phi) is 2.98. The molecule has 0 saturated heterocycles. The summed E-state index contributed by atoms with van der Waals surface area (Å²) in [5.74, 6) is 1.48. The third-order valence-corrected chi connectivity index (χ3v) is 3.63. The lowest BCUT2D eigenvalue weighted by Gasteiger charge is -2.06. The number of fused-ring (bicyclic) bond motifs is 1. The van der Waals surface area contributed by atoms with Crippen LogP contribution in [0.15, 0.2) is 39.2 Å². The van der Waals surface area contributed by atoms with Crippen LogP contribution in [0.1, 0.15) is 11.6 Å². The monoisotopic (exact) mass is 317 g/mol. The molecule has 2 aromatic heterocycles. The fourth-order valence-electron chi connectivity index (χ4n) is 1.88. The van der Waals surface area contributed by atoms with Gasteiger partial charge in [0.2, 0.25) is 0 Å². The van der Waals surface area contributed by atoms with E-state index in [1.165, 1.54) is 0 Å². The van der Waals surface area contributed by atoms with E-state index in [9.17, 15) is 0 Å². The fraction of sp³-hybridized carbons (Fsp3) is 0.143. The first-order chi connectivity index (χ1) is 9.11. The lowest BCUT2D eigenvalue weighted by atomic mass is 10.3. The minimum Gasteiger partial charge on any atom is -0.441 e. The smallest absolute Gasteiger partial charge is 0.192 e. The van der Waals surface area contributed by atoms with E-state index in [-0.39, 0.29) is 0 Å². The molecule has 2 heterocycles. The molecule has 19 heavy (non-hydrogen) atoms. The Labute approximate surface area is 119 Å². The summed E-state index contributed by atoms with van der Waals surface area (Å²) in [7, 11) is 0. The number of rotatable bonds is 2. The van der Waals surface area contributed by atoms with Crippen LogP contribution in [-0.4, -0.2) is 9.97 Å². The zero-order valence-corrected chi connectivity index (χ0v) is 12.2. The van der Waals surface area contributed by atoms with E-state index < -0.39 is 0 Å². The second kappa shape index (κ2) is 4.66. The highest BCUT2D eigenvalue weighted by Gasteiger charge is 2.04. The van der Waals surface area contributed by atoms with Crippen LogP contribution in [0.3, 0.4) is 0 Å². The molecule has 0 fully saturated rings. The third-order valence-electron chi connectivity index (χ3n) is 2.79. The molecule has 0 aliphatic heterocycles. The molecule has 1 aromatic carbocycles. The molecule has 5 heteroatoms. The average molecular weight is 318 g/mol. The predicted molar refractivity (Wildman–Crippen MR) is 78.7 cm³/mol. The van der Waals surface area contributed by atoms with E-state index in [4.69, 9.17) is 4.42 Å². The lowest BCUT2D eigenvalue weighted by molar-refractivity contribution is 0.561. The van der Waals surface area contributed by atoms with E-state index in [1.807, 2.05) is 44.2 Å². The maximum atomic E-state index is 5.45. The number of pyridine rings is 1. The molecule has 0 radical (unpaired) electrons. The minimum absolute atomic E-state index is 0.671. The molecule has 0 amide bonds. The van der Waals surface area contributed by atoms with Crippen LogP contribution in [0.4, 0.5) is 11.5 Å². The molecule has 0 atom stereocenters. The molecule has 96 valence electrons. The van der Waals surface area contributed by atoms with Crippen molar-refractivity contribution >= 4 is 38.5 Å². The molecular weight excluding hydrogens is 306 g/mol. The van der Waals surface area contributed by atoms with Crippen molar-refractivity contribution in [3.05, 3.63) is 46.4 Å². The van der Waals surface area contributed by atoms with Gasteiger partial charge in [-0.25, -0.2) is 9.97 Å². The quantitative estimate of drug-likeness (QED) is 0.763. The molecule has 3 rings (SSSR count). The number of hydrogen-bond acceptors (Lipinski definition) is 4. The summed E-state index contributed by atoms with van der Waals surface area (Å²) in [6, 6.07) is 9.71. The summed E-state index contributed by atoms with van der Waals surface area (Å²) < 4.78 is 6.45. The number of hydrogen-bond donors (Lipinski definition) is 1. The van der Waals surface area contributed by atoms with Crippen molar-refractivity contribution in [2.45, 2.75) is 13.8 Å². The summed E-state index contributed by atoms with van der Waals surface area (Å²) in [6.45, 7) is 3.80. The van der Waals surface area contributed by atoms with Gasteiger partial charge in [0.1, 0.15) is 11.3 Å². The topological polar surface area (TPSA) is 51.0 Å². The van der Waals surface area contributed by atoms with Crippen LogP contribution in [0.2, 0.25) is 0 Å². The van der Waals surface area contributed by atoms with E-state index in [1.54, 1.807) is 0 Å². The van der Waals surface area contributed by atoms with E-state index in [0.717, 1.165) is 32.8 Å². The normalized spacial score (nSPS) is 10.9. The van der Waals surface area contributed by atoms with E-state index in [0.29, 0.717) is 5.89 Å². The van der Waals surface area contributed by atoms with Gasteiger partial charge < -0.3 is 9.73 Å². The Balaban J connectivity index is 1.93. The highest BCUT2D eigenvalue weighted by Crippen LogP contribution is 2.23. The van der Waals surface area contributed by atoms with E-state index >= 15 is 0 Å². The third kappa shape index (κ3) is 2.46. The Morgan fingerprint density at radius 1 is 1.11 bits per heavy atom. The molecule has 0 unspecified atom stereocenters. The predicted octanol–water partition coefficient (Wildman–Crippen LogP) is 4.35. The van der Waals surface area contributed by atoms with Gasteiger partial charge in [0.15, 0.2) is 11.5 Å². The molecule has 3 aromatic rings. The van der Waals surface area contributed by atoms with Crippen molar-refractivity contribution in [2.24, 2.45) is 0 Å². The van der Waals surface area contributed by atoms with Gasteiger partial charge in [-0.15, -0.1) is 0 Å². The van der Waals surface area contributed by atoms with Gasteiger partial charge in [-0.1, -0.05) is 0 Å². The highest BCUT2D eigenvalue weighted by atomic mass is 79.9. The van der Waals surface area contributed by atoms with Gasteiger partial charge in [0.05, 0.1) is 5.69 Å². The van der Waals surface area contributed by atoms with E-state index in [2.05, 4.69) is 31.2 Å². The van der Waals surface area contributed by atoms with Gasteiger partial charge in [0.25, 0.3) is 0 Å². The fourth-order valence-corrected chi connectivity index (χ4v) is 2.10. The molecule has 0 aliphatic rings. The second-order valence-corrected chi connectivity index (χ2v) is 5.16. The summed E-state index contributed by atoms with van der Waals surface area (Å²) in [5, 5.41) is 3.26. The number of halogens is 1. The van der Waals surface area contributed by atoms with Crippen LogP contribution < -0.4 is 5.32 Å². The average Bonchev–Trinajstić information content (AvgIpc) is 2.73. The Morgan fingerprint density at radius 2 is 1.95 bits per heavy atom. The van der Waals surface area contributed by atoms with Crippen LogP contribution in [-0.2, 0) is 0 Å². The van der Waals surface area contributed by atoms with Gasteiger partial charge in [-0.3, -0.25) is 0 Å². The molecule has 1 N–H and O–H groups in total. The van der Waals surface area contributed by atoms with Crippen LogP contribution in [0, 0.1) is 13.8 Å². The molecule has 0 aliphatic carbocycles. The SMILES string of the molecule is Cc1nc2cc(Nc3ccc(Br)c(C)n3)ccc2o1. The number of benzene rings is 1. The van der Waals surface area contributed by atoms with Crippen molar-refractivity contribution in [3.8, 4) is 0 Å². The summed E-state index contributed by atoms with van der Waals surface area (Å²) in [6.07, 6.45) is 0. The number of nitrogens with one attached hydrogen (secondary N) is 1. The largest absolute Gasteiger partial charge is 0.441 e. The molecular formula is C14H12BrN3O. The molecule has 0 spiro atoms. The molecule has 0 saturated carbocycles. The zero-order chi connectivity index (χ0) is 13.4. The van der Waals surface area contributed by atoms with Crippen LogP contribution in [0.5, 0.6) is 0 Å². The lowest BCUT2D eigenvalue weighted by Crippen LogP contribution is -1.95. The van der Waals surface area contributed by atoms with Gasteiger partial charge in [0, 0.05) is 17.1 Å². The number of anilines is 2. The summed E-state index contributed by atoms with van der Waals surface area (Å²) >= 11 is 3.44. The highest BCUT2D eigenvalue weighted by molar-refractivity contribution is 9.10. The number of aromatic nitrogens is 2. The summed E-state index contributed by atoms with van der Waals surface area (Å²) in [5.41, 5.74) is 3.53. The zero-order valence-electron chi connectivity index (χ0n) is 10.6. The Hall–Kier alpha value is -1.88. The van der Waals surface area contributed by atoms with Crippen LogP contribution in [0.25, 0.3) is 11.1 Å².